The van der Waals surface area contributed by atoms with Gasteiger partial charge in [-0.05, 0) is 25.7 Å². The first-order valence-electron chi connectivity index (χ1n) is 9.16. The molecular formula is C18H38O3. The average Bonchev–Trinajstić information content (AvgIpc) is 2.49. The highest BCUT2D eigenvalue weighted by Crippen LogP contribution is 2.17. The summed E-state index contributed by atoms with van der Waals surface area (Å²) in [5.41, 5.74) is 0. The summed E-state index contributed by atoms with van der Waals surface area (Å²) in [6.45, 7) is 5.30. The lowest BCUT2D eigenvalue weighted by Crippen LogP contribution is -2.29. The van der Waals surface area contributed by atoms with Gasteiger partial charge in [0.1, 0.15) is 0 Å². The van der Waals surface area contributed by atoms with Crippen LogP contribution >= 0.6 is 0 Å². The SMILES string of the molecule is CCCCCCC(O)C(CCCCCC)OCCCCO. The van der Waals surface area contributed by atoms with Gasteiger partial charge in [-0.1, -0.05) is 65.2 Å². The summed E-state index contributed by atoms with van der Waals surface area (Å²) in [5.74, 6) is 0. The Morgan fingerprint density at radius 3 is 1.95 bits per heavy atom. The molecule has 2 atom stereocenters. The van der Waals surface area contributed by atoms with Crippen LogP contribution in [0.4, 0.5) is 0 Å². The van der Waals surface area contributed by atoms with E-state index in [2.05, 4.69) is 13.8 Å². The fourth-order valence-electron chi connectivity index (χ4n) is 2.57. The van der Waals surface area contributed by atoms with E-state index in [0.29, 0.717) is 6.61 Å². The number of hydrogen-bond donors (Lipinski definition) is 2. The van der Waals surface area contributed by atoms with Crippen LogP contribution in [0.1, 0.15) is 90.9 Å². The van der Waals surface area contributed by atoms with Gasteiger partial charge in [-0.2, -0.15) is 0 Å². The van der Waals surface area contributed by atoms with Gasteiger partial charge in [-0.15, -0.1) is 0 Å². The maximum Gasteiger partial charge on any atom is 0.0833 e. The highest BCUT2D eigenvalue weighted by atomic mass is 16.5. The number of ether oxygens (including phenoxy) is 1. The Balaban J connectivity index is 3.95. The van der Waals surface area contributed by atoms with E-state index in [9.17, 15) is 5.11 Å². The summed E-state index contributed by atoms with van der Waals surface area (Å²) in [6.07, 6.45) is 12.8. The Hall–Kier alpha value is -0.120. The van der Waals surface area contributed by atoms with E-state index in [0.717, 1.165) is 38.5 Å². The van der Waals surface area contributed by atoms with E-state index < -0.39 is 0 Å². The summed E-state index contributed by atoms with van der Waals surface area (Å²) in [7, 11) is 0. The van der Waals surface area contributed by atoms with Crippen LogP contribution < -0.4 is 0 Å². The minimum atomic E-state index is -0.322. The molecule has 0 spiro atoms. The van der Waals surface area contributed by atoms with Crippen LogP contribution in [0.2, 0.25) is 0 Å². The monoisotopic (exact) mass is 302 g/mol. The normalized spacial score (nSPS) is 14.3. The second-order valence-corrected chi connectivity index (χ2v) is 6.11. The molecule has 0 heterocycles. The average molecular weight is 302 g/mol. The lowest BCUT2D eigenvalue weighted by atomic mass is 10.00. The Labute approximate surface area is 132 Å². The van der Waals surface area contributed by atoms with Crippen molar-refractivity contribution in [3.63, 3.8) is 0 Å². The summed E-state index contributed by atoms with van der Waals surface area (Å²) < 4.78 is 5.88. The number of rotatable bonds is 16. The molecule has 2 unspecified atom stereocenters. The van der Waals surface area contributed by atoms with Crippen LogP contribution in [-0.2, 0) is 4.74 Å². The van der Waals surface area contributed by atoms with Crippen molar-refractivity contribution >= 4 is 0 Å². The maximum absolute atomic E-state index is 10.3. The van der Waals surface area contributed by atoms with Crippen LogP contribution in [0.15, 0.2) is 0 Å². The third-order valence-electron chi connectivity index (χ3n) is 4.01. The third-order valence-corrected chi connectivity index (χ3v) is 4.01. The van der Waals surface area contributed by atoms with Gasteiger partial charge >= 0.3 is 0 Å². The highest BCUT2D eigenvalue weighted by molar-refractivity contribution is 4.70. The molecule has 0 aliphatic rings. The molecule has 0 aromatic heterocycles. The number of unbranched alkanes of at least 4 members (excludes halogenated alkanes) is 7. The smallest absolute Gasteiger partial charge is 0.0833 e. The Morgan fingerprint density at radius 1 is 0.762 bits per heavy atom. The molecule has 128 valence electrons. The first kappa shape index (κ1) is 20.9. The van der Waals surface area contributed by atoms with Crippen LogP contribution in [0, 0.1) is 0 Å². The van der Waals surface area contributed by atoms with Crippen molar-refractivity contribution in [1.82, 2.24) is 0 Å². The molecule has 0 radical (unpaired) electrons. The molecule has 0 aliphatic carbocycles. The Morgan fingerprint density at radius 2 is 1.38 bits per heavy atom. The van der Waals surface area contributed by atoms with Crippen molar-refractivity contribution in [2.75, 3.05) is 13.2 Å². The number of aliphatic hydroxyl groups is 2. The quantitative estimate of drug-likeness (QED) is 0.414. The van der Waals surface area contributed by atoms with Gasteiger partial charge < -0.3 is 14.9 Å². The van der Waals surface area contributed by atoms with Crippen LogP contribution in [-0.4, -0.2) is 35.6 Å². The molecule has 0 saturated carbocycles. The fraction of sp³-hybridized carbons (Fsp3) is 1.00. The van der Waals surface area contributed by atoms with E-state index in [1.54, 1.807) is 0 Å². The lowest BCUT2D eigenvalue weighted by Gasteiger charge is -2.23. The molecule has 0 saturated heterocycles. The summed E-state index contributed by atoms with van der Waals surface area (Å²) in [6, 6.07) is 0. The van der Waals surface area contributed by atoms with Crippen molar-refractivity contribution in [3.05, 3.63) is 0 Å². The molecule has 2 N–H and O–H groups in total. The van der Waals surface area contributed by atoms with Crippen molar-refractivity contribution in [2.24, 2.45) is 0 Å². The maximum atomic E-state index is 10.3. The molecular weight excluding hydrogens is 264 g/mol. The summed E-state index contributed by atoms with van der Waals surface area (Å²) >= 11 is 0. The standard InChI is InChI=1S/C18H38O3/c1-3-5-7-9-13-17(20)18(14-10-8-6-4-2)21-16-12-11-15-19/h17-20H,3-16H2,1-2H3. The largest absolute Gasteiger partial charge is 0.396 e. The topological polar surface area (TPSA) is 49.7 Å². The van der Waals surface area contributed by atoms with Crippen molar-refractivity contribution in [2.45, 2.75) is 103 Å². The minimum Gasteiger partial charge on any atom is -0.396 e. The molecule has 21 heavy (non-hydrogen) atoms. The first-order chi connectivity index (χ1) is 10.3. The van der Waals surface area contributed by atoms with E-state index in [4.69, 9.17) is 9.84 Å². The molecule has 0 amide bonds. The zero-order valence-corrected chi connectivity index (χ0v) is 14.4. The zero-order chi connectivity index (χ0) is 15.8. The highest BCUT2D eigenvalue weighted by Gasteiger charge is 2.19. The van der Waals surface area contributed by atoms with Crippen LogP contribution in [0.5, 0.6) is 0 Å². The molecule has 0 aliphatic heterocycles. The van der Waals surface area contributed by atoms with E-state index >= 15 is 0 Å². The predicted octanol–water partition coefficient (Wildman–Crippen LogP) is 4.45. The molecule has 3 nitrogen and oxygen atoms in total. The summed E-state index contributed by atoms with van der Waals surface area (Å²) in [4.78, 5) is 0. The predicted molar refractivity (Wildman–Crippen MR) is 89.6 cm³/mol. The number of aliphatic hydroxyl groups excluding tert-OH is 2. The first-order valence-corrected chi connectivity index (χ1v) is 9.16. The fourth-order valence-corrected chi connectivity index (χ4v) is 2.57. The van der Waals surface area contributed by atoms with Gasteiger partial charge in [-0.25, -0.2) is 0 Å². The second kappa shape index (κ2) is 16.3. The minimum absolute atomic E-state index is 0.0119. The molecule has 0 aromatic carbocycles. The van der Waals surface area contributed by atoms with E-state index in [1.165, 1.54) is 38.5 Å². The van der Waals surface area contributed by atoms with E-state index in [1.807, 2.05) is 0 Å². The van der Waals surface area contributed by atoms with Gasteiger partial charge in [-0.3, -0.25) is 0 Å². The lowest BCUT2D eigenvalue weighted by molar-refractivity contribution is -0.0478. The molecule has 0 aromatic rings. The van der Waals surface area contributed by atoms with Gasteiger partial charge in [0.2, 0.25) is 0 Å². The van der Waals surface area contributed by atoms with Gasteiger partial charge in [0.05, 0.1) is 12.2 Å². The number of hydrogen-bond acceptors (Lipinski definition) is 3. The molecule has 0 rings (SSSR count). The third kappa shape index (κ3) is 13.3. The van der Waals surface area contributed by atoms with Gasteiger partial charge in [0.25, 0.3) is 0 Å². The van der Waals surface area contributed by atoms with Gasteiger partial charge in [0, 0.05) is 13.2 Å². The summed E-state index contributed by atoms with van der Waals surface area (Å²) in [5, 5.41) is 19.1. The Kier molecular flexibility index (Phi) is 16.2. The van der Waals surface area contributed by atoms with Crippen LogP contribution in [0.3, 0.4) is 0 Å². The van der Waals surface area contributed by atoms with Crippen molar-refractivity contribution < 1.29 is 14.9 Å². The molecule has 0 bridgehead atoms. The van der Waals surface area contributed by atoms with Crippen LogP contribution in [0.25, 0.3) is 0 Å². The van der Waals surface area contributed by atoms with Crippen molar-refractivity contribution in [3.8, 4) is 0 Å². The molecule has 3 heteroatoms. The van der Waals surface area contributed by atoms with Gasteiger partial charge in [0.15, 0.2) is 0 Å². The van der Waals surface area contributed by atoms with Crippen molar-refractivity contribution in [1.29, 1.82) is 0 Å². The zero-order valence-electron chi connectivity index (χ0n) is 14.4. The second-order valence-electron chi connectivity index (χ2n) is 6.11. The molecule has 0 fully saturated rings. The van der Waals surface area contributed by atoms with E-state index in [-0.39, 0.29) is 18.8 Å². The Bertz CT molecular complexity index is 185.